The number of nitrogens with two attached hydrogens (primary N) is 1. The summed E-state index contributed by atoms with van der Waals surface area (Å²) in [6.45, 7) is 1.80. The fraction of sp³-hybridized carbons (Fsp3) is 0.0667. The second-order valence-electron chi connectivity index (χ2n) is 4.26. The molecule has 0 unspecified atom stereocenters. The minimum atomic E-state index is -1.07. The molecule has 1 aromatic heterocycles. The van der Waals surface area contributed by atoms with Crippen molar-refractivity contribution >= 4 is 11.7 Å². The molecule has 0 aliphatic rings. The van der Waals surface area contributed by atoms with Crippen molar-refractivity contribution in [1.29, 1.82) is 5.26 Å². The maximum Gasteiger partial charge on any atom is 0.291 e. The molecule has 0 aliphatic heterocycles. The zero-order valence-electron chi connectivity index (χ0n) is 11.2. The van der Waals surface area contributed by atoms with Crippen molar-refractivity contribution in [2.75, 3.05) is 0 Å². The van der Waals surface area contributed by atoms with Crippen molar-refractivity contribution in [3.05, 3.63) is 53.3 Å². The number of aromatic nitrogens is 1. The Morgan fingerprint density at radius 2 is 2.05 bits per heavy atom. The number of primary amides is 1. The fourth-order valence-corrected chi connectivity index (χ4v) is 1.69. The van der Waals surface area contributed by atoms with E-state index in [-0.39, 0.29) is 5.69 Å². The molecule has 1 aromatic carbocycles. The van der Waals surface area contributed by atoms with E-state index in [4.69, 9.17) is 15.7 Å². The zero-order chi connectivity index (χ0) is 15.4. The number of ether oxygens (including phenoxy) is 1. The first-order valence-electron chi connectivity index (χ1n) is 6.00. The summed E-state index contributed by atoms with van der Waals surface area (Å²) in [6.07, 6.45) is 1.35. The largest absolute Gasteiger partial charge is 0.457 e. The number of carbonyl (C=O) groups excluding carboxylic acids is 2. The van der Waals surface area contributed by atoms with Crippen molar-refractivity contribution < 1.29 is 14.3 Å². The number of amides is 1. The monoisotopic (exact) mass is 281 g/mol. The van der Waals surface area contributed by atoms with Crippen LogP contribution in [0.5, 0.6) is 11.5 Å². The highest BCUT2D eigenvalue weighted by atomic mass is 16.5. The number of nitrogens with zero attached hydrogens (tertiary/aromatic N) is 2. The number of pyridine rings is 1. The molecule has 6 heteroatoms. The molecule has 0 saturated heterocycles. The lowest BCUT2D eigenvalue weighted by Crippen LogP contribution is -2.23. The number of hydrogen-bond donors (Lipinski definition) is 1. The van der Waals surface area contributed by atoms with Gasteiger partial charge in [0.05, 0.1) is 11.6 Å². The number of rotatable bonds is 4. The fourth-order valence-electron chi connectivity index (χ4n) is 1.69. The Kier molecular flexibility index (Phi) is 3.95. The highest BCUT2D eigenvalue weighted by Crippen LogP contribution is 2.25. The van der Waals surface area contributed by atoms with Gasteiger partial charge in [-0.2, -0.15) is 5.26 Å². The van der Waals surface area contributed by atoms with Crippen molar-refractivity contribution in [2.45, 2.75) is 6.92 Å². The van der Waals surface area contributed by atoms with Gasteiger partial charge < -0.3 is 10.5 Å². The molecule has 1 amide bonds. The second kappa shape index (κ2) is 5.84. The van der Waals surface area contributed by atoms with Crippen LogP contribution >= 0.6 is 0 Å². The first-order valence-corrected chi connectivity index (χ1v) is 6.00. The van der Waals surface area contributed by atoms with E-state index in [1.165, 1.54) is 12.3 Å². The Morgan fingerprint density at radius 1 is 1.29 bits per heavy atom. The van der Waals surface area contributed by atoms with Gasteiger partial charge >= 0.3 is 0 Å². The molecule has 0 bridgehead atoms. The third-order valence-electron chi connectivity index (χ3n) is 2.72. The van der Waals surface area contributed by atoms with Crippen LogP contribution in [0.2, 0.25) is 0 Å². The molecule has 0 fully saturated rings. The van der Waals surface area contributed by atoms with E-state index >= 15 is 0 Å². The molecule has 6 nitrogen and oxygen atoms in total. The maximum absolute atomic E-state index is 11.5. The van der Waals surface area contributed by atoms with Gasteiger partial charge in [0.1, 0.15) is 17.2 Å². The van der Waals surface area contributed by atoms with Crippen LogP contribution < -0.4 is 10.5 Å². The Morgan fingerprint density at radius 3 is 2.67 bits per heavy atom. The van der Waals surface area contributed by atoms with Gasteiger partial charge in [-0.3, -0.25) is 14.6 Å². The molecule has 0 radical (unpaired) electrons. The number of benzene rings is 1. The lowest BCUT2D eigenvalue weighted by atomic mass is 10.1. The van der Waals surface area contributed by atoms with Crippen LogP contribution in [-0.2, 0) is 4.79 Å². The molecule has 21 heavy (non-hydrogen) atoms. The van der Waals surface area contributed by atoms with Crippen LogP contribution in [-0.4, -0.2) is 16.7 Å². The van der Waals surface area contributed by atoms with Crippen LogP contribution in [0.1, 0.15) is 21.6 Å². The van der Waals surface area contributed by atoms with Gasteiger partial charge in [0.25, 0.3) is 11.7 Å². The number of nitriles is 1. The molecule has 0 saturated carbocycles. The SMILES string of the molecule is Cc1cc(C#N)ccc1Oc1ccnc(C(=O)C(N)=O)c1. The predicted molar refractivity (Wildman–Crippen MR) is 73.7 cm³/mol. The predicted octanol–water partition coefficient (Wildman–Crippen LogP) is 1.72. The van der Waals surface area contributed by atoms with Crippen molar-refractivity contribution in [1.82, 2.24) is 4.98 Å². The molecule has 2 aromatic rings. The number of aryl methyl sites for hydroxylation is 1. The highest BCUT2D eigenvalue weighted by Gasteiger charge is 2.15. The van der Waals surface area contributed by atoms with E-state index in [0.29, 0.717) is 17.1 Å². The Bertz CT molecular complexity index is 763. The standard InChI is InChI=1S/C15H11N3O3/c1-9-6-10(8-16)2-3-13(9)21-11-4-5-18-12(7-11)14(19)15(17)20/h2-7H,1H3,(H2,17,20). The Labute approximate surface area is 120 Å². The van der Waals surface area contributed by atoms with Crippen LogP contribution in [0.4, 0.5) is 0 Å². The molecule has 2 N–H and O–H groups in total. The Balaban J connectivity index is 2.28. The van der Waals surface area contributed by atoms with Gasteiger partial charge in [-0.1, -0.05) is 0 Å². The molecule has 0 spiro atoms. The molecule has 2 rings (SSSR count). The van der Waals surface area contributed by atoms with Gasteiger partial charge in [0, 0.05) is 12.3 Å². The topological polar surface area (TPSA) is 106 Å². The summed E-state index contributed by atoms with van der Waals surface area (Å²) < 4.78 is 5.63. The van der Waals surface area contributed by atoms with Crippen molar-refractivity contribution in [3.8, 4) is 17.6 Å². The van der Waals surface area contributed by atoms with Crippen LogP contribution in [0.15, 0.2) is 36.5 Å². The maximum atomic E-state index is 11.5. The summed E-state index contributed by atoms with van der Waals surface area (Å²) >= 11 is 0. The average molecular weight is 281 g/mol. The normalized spacial score (nSPS) is 9.71. The minimum Gasteiger partial charge on any atom is -0.457 e. The van der Waals surface area contributed by atoms with Gasteiger partial charge in [0.2, 0.25) is 0 Å². The molecular formula is C15H11N3O3. The van der Waals surface area contributed by atoms with Gasteiger partial charge in [-0.25, -0.2) is 0 Å². The van der Waals surface area contributed by atoms with Crippen LogP contribution in [0.25, 0.3) is 0 Å². The zero-order valence-corrected chi connectivity index (χ0v) is 11.2. The smallest absolute Gasteiger partial charge is 0.291 e. The lowest BCUT2D eigenvalue weighted by Gasteiger charge is -2.09. The van der Waals surface area contributed by atoms with E-state index in [1.807, 2.05) is 6.07 Å². The van der Waals surface area contributed by atoms with Crippen LogP contribution in [0.3, 0.4) is 0 Å². The molecule has 0 atom stereocenters. The molecular weight excluding hydrogens is 270 g/mol. The van der Waals surface area contributed by atoms with E-state index in [9.17, 15) is 9.59 Å². The minimum absolute atomic E-state index is 0.0775. The van der Waals surface area contributed by atoms with Crippen LogP contribution in [0, 0.1) is 18.3 Å². The van der Waals surface area contributed by atoms with E-state index in [0.717, 1.165) is 5.56 Å². The quantitative estimate of drug-likeness (QED) is 0.678. The third kappa shape index (κ3) is 3.22. The molecule has 1 heterocycles. The van der Waals surface area contributed by atoms with Gasteiger partial charge in [0.15, 0.2) is 0 Å². The molecule has 104 valence electrons. The summed E-state index contributed by atoms with van der Waals surface area (Å²) in [4.78, 5) is 26.1. The molecule has 0 aliphatic carbocycles. The van der Waals surface area contributed by atoms with E-state index < -0.39 is 11.7 Å². The summed E-state index contributed by atoms with van der Waals surface area (Å²) in [5.41, 5.74) is 6.15. The van der Waals surface area contributed by atoms with Gasteiger partial charge in [-0.15, -0.1) is 0 Å². The number of Topliss-reactive ketones (excluding diaryl/α,β-unsaturated/α-hetero) is 1. The number of hydrogen-bond acceptors (Lipinski definition) is 5. The third-order valence-corrected chi connectivity index (χ3v) is 2.72. The van der Waals surface area contributed by atoms with Crippen molar-refractivity contribution in [2.24, 2.45) is 5.73 Å². The number of carbonyl (C=O) groups is 2. The first kappa shape index (κ1) is 14.2. The summed E-state index contributed by atoms with van der Waals surface area (Å²) in [7, 11) is 0. The lowest BCUT2D eigenvalue weighted by molar-refractivity contribution is -0.114. The van der Waals surface area contributed by atoms with E-state index in [2.05, 4.69) is 4.98 Å². The average Bonchev–Trinajstić information content (AvgIpc) is 2.48. The van der Waals surface area contributed by atoms with E-state index in [1.54, 1.807) is 31.2 Å². The summed E-state index contributed by atoms with van der Waals surface area (Å²) in [5, 5.41) is 8.81. The van der Waals surface area contributed by atoms with Crippen molar-refractivity contribution in [3.63, 3.8) is 0 Å². The second-order valence-corrected chi connectivity index (χ2v) is 4.26. The number of ketones is 1. The summed E-state index contributed by atoms with van der Waals surface area (Å²) in [5.74, 6) is -1.06. The highest BCUT2D eigenvalue weighted by molar-refractivity contribution is 6.41. The summed E-state index contributed by atoms with van der Waals surface area (Å²) in [6, 6.07) is 9.89. The van der Waals surface area contributed by atoms with Gasteiger partial charge in [-0.05, 0) is 36.8 Å². The Hall–Kier alpha value is -3.20. The first-order chi connectivity index (χ1) is 10.0.